The molecule has 0 aromatic heterocycles. The minimum Gasteiger partial charge on any atom is -0.310 e. The molecule has 1 aliphatic rings. The standard InChI is InChI=1S/C63H45N/c1-63(2)57-39-52(64(50-27-11-5-12-28-50)51-29-13-6-14-30-51)35-36-53(57)54-40-55-56(41-58(54)63)60(49-34-32-43-20-16-18-26-47(43)38-49)62(45-23-9-4-10-24-45)61(44-21-7-3-8-22-44)59(55)48-33-31-42-19-15-17-25-46(42)37-48/h3-41H,1-2H3. The highest BCUT2D eigenvalue weighted by Gasteiger charge is 2.38. The molecule has 0 fully saturated rings. The fourth-order valence-corrected chi connectivity index (χ4v) is 10.5. The molecule has 0 bridgehead atoms. The molecule has 0 heterocycles. The van der Waals surface area contributed by atoms with Crippen LogP contribution in [-0.4, -0.2) is 0 Å². The van der Waals surface area contributed by atoms with Crippen molar-refractivity contribution >= 4 is 49.4 Å². The number of hydrogen-bond acceptors (Lipinski definition) is 1. The lowest BCUT2D eigenvalue weighted by Crippen LogP contribution is -2.16. The van der Waals surface area contributed by atoms with Gasteiger partial charge in [0.05, 0.1) is 0 Å². The van der Waals surface area contributed by atoms with Crippen molar-refractivity contribution in [2.24, 2.45) is 0 Å². The quantitative estimate of drug-likeness (QED) is 0.155. The molecule has 0 saturated carbocycles. The predicted molar refractivity (Wildman–Crippen MR) is 273 cm³/mol. The van der Waals surface area contributed by atoms with E-state index < -0.39 is 0 Å². The number of hydrogen-bond donors (Lipinski definition) is 0. The molecule has 0 amide bonds. The van der Waals surface area contributed by atoms with Crippen molar-refractivity contribution in [3.63, 3.8) is 0 Å². The highest BCUT2D eigenvalue weighted by Crippen LogP contribution is 2.57. The van der Waals surface area contributed by atoms with E-state index in [1.165, 1.54) is 99.1 Å². The molecule has 11 aromatic rings. The van der Waals surface area contributed by atoms with Gasteiger partial charge in [0, 0.05) is 22.5 Å². The van der Waals surface area contributed by atoms with Crippen LogP contribution in [0.25, 0.3) is 88.0 Å². The van der Waals surface area contributed by atoms with Gasteiger partial charge >= 0.3 is 0 Å². The molecule has 1 nitrogen and oxygen atoms in total. The minimum atomic E-state index is -0.289. The van der Waals surface area contributed by atoms with Crippen LogP contribution in [0.3, 0.4) is 0 Å². The number of para-hydroxylation sites is 2. The summed E-state index contributed by atoms with van der Waals surface area (Å²) in [7, 11) is 0. The summed E-state index contributed by atoms with van der Waals surface area (Å²) in [6.07, 6.45) is 0. The molecule has 0 aliphatic heterocycles. The van der Waals surface area contributed by atoms with E-state index in [-0.39, 0.29) is 5.41 Å². The van der Waals surface area contributed by atoms with Crippen LogP contribution in [0.5, 0.6) is 0 Å². The van der Waals surface area contributed by atoms with Crippen molar-refractivity contribution in [2.45, 2.75) is 19.3 Å². The SMILES string of the molecule is CC1(C)c2cc(N(c3ccccc3)c3ccccc3)ccc2-c2cc3c(-c4ccc5ccccc5c4)c(-c4ccccc4)c(-c4ccccc4)c(-c4ccc5ccccc5c4)c3cc21. The van der Waals surface area contributed by atoms with Crippen LogP contribution < -0.4 is 4.90 Å². The highest BCUT2D eigenvalue weighted by atomic mass is 15.1. The second kappa shape index (κ2) is 15.1. The van der Waals surface area contributed by atoms with E-state index in [4.69, 9.17) is 0 Å². The summed E-state index contributed by atoms with van der Waals surface area (Å²) in [4.78, 5) is 2.38. The van der Waals surface area contributed by atoms with Crippen molar-refractivity contribution in [1.29, 1.82) is 0 Å². The van der Waals surface area contributed by atoms with Crippen LogP contribution in [0.15, 0.2) is 237 Å². The number of anilines is 3. The predicted octanol–water partition coefficient (Wildman–Crippen LogP) is 17.6. The lowest BCUT2D eigenvalue weighted by atomic mass is 9.76. The van der Waals surface area contributed by atoms with Gasteiger partial charge in [0.2, 0.25) is 0 Å². The smallest absolute Gasteiger partial charge is 0.0465 e. The maximum absolute atomic E-state index is 2.56. The normalized spacial score (nSPS) is 12.7. The zero-order valence-electron chi connectivity index (χ0n) is 36.0. The van der Waals surface area contributed by atoms with Gasteiger partial charge in [-0.3, -0.25) is 0 Å². The third-order valence-electron chi connectivity index (χ3n) is 13.6. The topological polar surface area (TPSA) is 3.24 Å². The summed E-state index contributed by atoms with van der Waals surface area (Å²) in [5.41, 5.74) is 18.2. The molecular formula is C63H45N. The van der Waals surface area contributed by atoms with E-state index in [2.05, 4.69) is 255 Å². The van der Waals surface area contributed by atoms with E-state index in [0.717, 1.165) is 17.1 Å². The van der Waals surface area contributed by atoms with Crippen LogP contribution in [-0.2, 0) is 5.41 Å². The average molecular weight is 816 g/mol. The molecule has 0 unspecified atom stereocenters. The molecule has 0 radical (unpaired) electrons. The van der Waals surface area contributed by atoms with Gasteiger partial charge in [0.1, 0.15) is 0 Å². The largest absolute Gasteiger partial charge is 0.310 e. The first-order valence-corrected chi connectivity index (χ1v) is 22.3. The van der Waals surface area contributed by atoms with Crippen LogP contribution >= 0.6 is 0 Å². The highest BCUT2D eigenvalue weighted by molar-refractivity contribution is 6.20. The maximum Gasteiger partial charge on any atom is 0.0465 e. The van der Waals surface area contributed by atoms with Crippen LogP contribution in [0.2, 0.25) is 0 Å². The molecule has 0 atom stereocenters. The Balaban J connectivity index is 1.21. The number of fused-ring (bicyclic) bond motifs is 6. The summed E-state index contributed by atoms with van der Waals surface area (Å²) < 4.78 is 0. The Morgan fingerprint density at radius 3 is 1.20 bits per heavy atom. The third-order valence-corrected chi connectivity index (χ3v) is 13.6. The van der Waals surface area contributed by atoms with Gasteiger partial charge in [0.15, 0.2) is 0 Å². The fourth-order valence-electron chi connectivity index (χ4n) is 10.5. The molecule has 11 aromatic carbocycles. The maximum atomic E-state index is 2.56. The number of rotatable bonds is 7. The van der Waals surface area contributed by atoms with Crippen molar-refractivity contribution in [3.05, 3.63) is 248 Å². The molecule has 0 spiro atoms. The Labute approximate surface area is 375 Å². The van der Waals surface area contributed by atoms with E-state index >= 15 is 0 Å². The van der Waals surface area contributed by atoms with Crippen molar-refractivity contribution < 1.29 is 0 Å². The van der Waals surface area contributed by atoms with E-state index in [1.807, 2.05) is 0 Å². The molecule has 1 aliphatic carbocycles. The number of nitrogens with zero attached hydrogens (tertiary/aromatic N) is 1. The second-order valence-electron chi connectivity index (χ2n) is 17.7. The molecule has 12 rings (SSSR count). The first-order chi connectivity index (χ1) is 31.5. The van der Waals surface area contributed by atoms with E-state index in [1.54, 1.807) is 0 Å². The Morgan fingerprint density at radius 1 is 0.281 bits per heavy atom. The average Bonchev–Trinajstić information content (AvgIpc) is 3.57. The van der Waals surface area contributed by atoms with Gasteiger partial charge in [-0.2, -0.15) is 0 Å². The zero-order valence-corrected chi connectivity index (χ0v) is 36.0. The zero-order chi connectivity index (χ0) is 42.8. The van der Waals surface area contributed by atoms with Gasteiger partial charge in [0.25, 0.3) is 0 Å². The summed E-state index contributed by atoms with van der Waals surface area (Å²) in [6.45, 7) is 4.83. The first kappa shape index (κ1) is 37.7. The van der Waals surface area contributed by atoms with E-state index in [9.17, 15) is 0 Å². The Kier molecular flexibility index (Phi) is 8.91. The fraction of sp³-hybridized carbons (Fsp3) is 0.0476. The molecular weight excluding hydrogens is 771 g/mol. The number of benzene rings is 11. The molecule has 0 N–H and O–H groups in total. The Morgan fingerprint density at radius 2 is 0.703 bits per heavy atom. The lowest BCUT2D eigenvalue weighted by Gasteiger charge is -2.28. The van der Waals surface area contributed by atoms with Crippen LogP contribution in [0.1, 0.15) is 25.0 Å². The summed E-state index contributed by atoms with van der Waals surface area (Å²) in [5, 5.41) is 7.44. The molecule has 64 heavy (non-hydrogen) atoms. The van der Waals surface area contributed by atoms with Gasteiger partial charge in [-0.25, -0.2) is 0 Å². The summed E-state index contributed by atoms with van der Waals surface area (Å²) >= 11 is 0. The summed E-state index contributed by atoms with van der Waals surface area (Å²) in [6, 6.07) is 87.4. The van der Waals surface area contributed by atoms with Crippen molar-refractivity contribution in [3.8, 4) is 55.6 Å². The van der Waals surface area contributed by atoms with Gasteiger partial charge in [-0.15, -0.1) is 0 Å². The second-order valence-corrected chi connectivity index (χ2v) is 17.7. The van der Waals surface area contributed by atoms with Gasteiger partial charge in [-0.1, -0.05) is 190 Å². The lowest BCUT2D eigenvalue weighted by molar-refractivity contribution is 0.661. The van der Waals surface area contributed by atoms with Gasteiger partial charge in [-0.05, 0) is 160 Å². The third kappa shape index (κ3) is 6.15. The summed E-state index contributed by atoms with van der Waals surface area (Å²) in [5.74, 6) is 0. The van der Waals surface area contributed by atoms with Crippen LogP contribution in [0.4, 0.5) is 17.1 Å². The first-order valence-electron chi connectivity index (χ1n) is 22.3. The van der Waals surface area contributed by atoms with Crippen molar-refractivity contribution in [2.75, 3.05) is 4.90 Å². The monoisotopic (exact) mass is 815 g/mol. The van der Waals surface area contributed by atoms with Crippen molar-refractivity contribution in [1.82, 2.24) is 0 Å². The Bertz CT molecular complexity index is 3510. The van der Waals surface area contributed by atoms with Gasteiger partial charge < -0.3 is 4.90 Å². The molecule has 302 valence electrons. The minimum absolute atomic E-state index is 0.289. The Hall–Kier alpha value is -8.00. The van der Waals surface area contributed by atoms with E-state index in [0.29, 0.717) is 0 Å². The molecule has 1 heteroatoms. The van der Waals surface area contributed by atoms with Crippen LogP contribution in [0, 0.1) is 0 Å². The molecule has 0 saturated heterocycles.